The second kappa shape index (κ2) is 5.22. The summed E-state index contributed by atoms with van der Waals surface area (Å²) < 4.78 is 42.5. The Hall–Kier alpha value is -0.820. The fourth-order valence-corrected chi connectivity index (χ4v) is 1.50. The number of nitrogens with zero attached hydrogens (tertiary/aromatic N) is 1. The molecule has 0 aromatic carbocycles. The van der Waals surface area contributed by atoms with Crippen molar-refractivity contribution >= 4 is 33.5 Å². The molecule has 0 atom stereocenters. The molecule has 0 N–H and O–H groups in total. The van der Waals surface area contributed by atoms with Gasteiger partial charge in [-0.25, -0.2) is 9.78 Å². The summed E-state index contributed by atoms with van der Waals surface area (Å²) in [5.74, 6) is -1.09. The molecule has 0 radical (unpaired) electrons. The van der Waals surface area contributed by atoms with Crippen molar-refractivity contribution in [3.8, 4) is 0 Å². The third-order valence-electron chi connectivity index (χ3n) is 1.70. The number of rotatable bonds is 2. The van der Waals surface area contributed by atoms with Gasteiger partial charge in [0.1, 0.15) is 5.15 Å². The van der Waals surface area contributed by atoms with Crippen LogP contribution in [0.5, 0.6) is 0 Å². The van der Waals surface area contributed by atoms with Gasteiger partial charge in [-0.05, 0) is 28.9 Å². The minimum atomic E-state index is -4.77. The van der Waals surface area contributed by atoms with Crippen LogP contribution < -0.4 is 0 Å². The van der Waals surface area contributed by atoms with E-state index in [-0.39, 0.29) is 16.2 Å². The van der Waals surface area contributed by atoms with Crippen LogP contribution in [0.25, 0.3) is 0 Å². The van der Waals surface area contributed by atoms with Crippen LogP contribution in [-0.4, -0.2) is 17.6 Å². The molecule has 0 bridgehead atoms. The number of halogens is 5. The fourth-order valence-electron chi connectivity index (χ4n) is 1.05. The third-order valence-corrected chi connectivity index (χ3v) is 2.82. The molecule has 0 amide bonds. The van der Waals surface area contributed by atoms with E-state index in [2.05, 4.69) is 25.7 Å². The second-order valence-corrected chi connectivity index (χ2v) is 4.09. The summed E-state index contributed by atoms with van der Waals surface area (Å²) in [6.07, 6.45) is -4.77. The lowest BCUT2D eigenvalue weighted by Crippen LogP contribution is -2.17. The van der Waals surface area contributed by atoms with Gasteiger partial charge < -0.3 is 4.74 Å². The molecule has 1 aromatic rings. The Balaban J connectivity index is 3.36. The van der Waals surface area contributed by atoms with E-state index in [1.54, 1.807) is 0 Å². The molecule has 0 fully saturated rings. The standard InChI is InChI=1S/C9H6BrClF3NO2/c1-2-17-8(16)4-3-5(10)7(11)15-6(4)9(12,13)14/h3H,2H2,1H3. The average Bonchev–Trinajstić information content (AvgIpc) is 2.20. The van der Waals surface area contributed by atoms with Gasteiger partial charge in [0.15, 0.2) is 5.69 Å². The first-order valence-corrected chi connectivity index (χ1v) is 5.54. The minimum Gasteiger partial charge on any atom is -0.462 e. The van der Waals surface area contributed by atoms with Crippen LogP contribution in [-0.2, 0) is 10.9 Å². The zero-order valence-electron chi connectivity index (χ0n) is 8.44. The van der Waals surface area contributed by atoms with Crippen molar-refractivity contribution in [2.75, 3.05) is 6.61 Å². The number of pyridine rings is 1. The summed E-state index contributed by atoms with van der Waals surface area (Å²) in [7, 11) is 0. The van der Waals surface area contributed by atoms with Gasteiger partial charge in [0.25, 0.3) is 0 Å². The average molecular weight is 333 g/mol. The van der Waals surface area contributed by atoms with Crippen LogP contribution in [0, 0.1) is 0 Å². The largest absolute Gasteiger partial charge is 0.462 e. The molecule has 0 spiro atoms. The lowest BCUT2D eigenvalue weighted by atomic mass is 10.2. The molecule has 0 aliphatic heterocycles. The molecule has 0 saturated carbocycles. The van der Waals surface area contributed by atoms with Gasteiger partial charge in [0.05, 0.1) is 16.6 Å². The van der Waals surface area contributed by atoms with E-state index in [0.29, 0.717) is 0 Å². The molecule has 0 saturated heterocycles. The highest BCUT2D eigenvalue weighted by Crippen LogP contribution is 2.34. The molecular weight excluding hydrogens is 326 g/mol. The summed E-state index contributed by atoms with van der Waals surface area (Å²) in [5.41, 5.74) is -2.03. The second-order valence-electron chi connectivity index (χ2n) is 2.88. The maximum Gasteiger partial charge on any atom is 0.434 e. The Labute approximate surface area is 108 Å². The molecule has 94 valence electrons. The van der Waals surface area contributed by atoms with E-state index in [0.717, 1.165) is 6.07 Å². The van der Waals surface area contributed by atoms with Crippen molar-refractivity contribution in [1.29, 1.82) is 0 Å². The molecule has 0 aliphatic rings. The molecule has 1 aromatic heterocycles. The van der Waals surface area contributed by atoms with Crippen LogP contribution in [0.3, 0.4) is 0 Å². The Morgan fingerprint density at radius 3 is 2.65 bits per heavy atom. The molecule has 8 heteroatoms. The van der Waals surface area contributed by atoms with Crippen LogP contribution in [0.1, 0.15) is 23.0 Å². The van der Waals surface area contributed by atoms with Gasteiger partial charge in [0.2, 0.25) is 0 Å². The summed E-state index contributed by atoms with van der Waals surface area (Å²) in [6, 6.07) is 0.941. The summed E-state index contributed by atoms with van der Waals surface area (Å²) in [4.78, 5) is 14.5. The SMILES string of the molecule is CCOC(=O)c1cc(Br)c(Cl)nc1C(F)(F)F. The van der Waals surface area contributed by atoms with Gasteiger partial charge in [0, 0.05) is 0 Å². The highest BCUT2D eigenvalue weighted by atomic mass is 79.9. The van der Waals surface area contributed by atoms with Crippen molar-refractivity contribution in [3.63, 3.8) is 0 Å². The first kappa shape index (κ1) is 14.2. The normalized spacial score (nSPS) is 11.4. The van der Waals surface area contributed by atoms with Crippen molar-refractivity contribution < 1.29 is 22.7 Å². The molecule has 1 heterocycles. The number of aromatic nitrogens is 1. The number of esters is 1. The minimum absolute atomic E-state index is 0.0314. The van der Waals surface area contributed by atoms with Gasteiger partial charge in [-0.3, -0.25) is 0 Å². The Morgan fingerprint density at radius 1 is 1.59 bits per heavy atom. The number of hydrogen-bond donors (Lipinski definition) is 0. The Morgan fingerprint density at radius 2 is 2.18 bits per heavy atom. The zero-order chi connectivity index (χ0) is 13.2. The van der Waals surface area contributed by atoms with E-state index in [1.807, 2.05) is 0 Å². The molecule has 1 rings (SSSR count). The van der Waals surface area contributed by atoms with E-state index in [1.165, 1.54) is 6.92 Å². The smallest absolute Gasteiger partial charge is 0.434 e. The predicted octanol–water partition coefficient (Wildman–Crippen LogP) is 3.69. The molecule has 0 unspecified atom stereocenters. The van der Waals surface area contributed by atoms with Crippen LogP contribution in [0.2, 0.25) is 5.15 Å². The van der Waals surface area contributed by atoms with E-state index >= 15 is 0 Å². The lowest BCUT2D eigenvalue weighted by Gasteiger charge is -2.12. The summed E-state index contributed by atoms with van der Waals surface area (Å²) in [5, 5.41) is -0.370. The van der Waals surface area contributed by atoms with Gasteiger partial charge >= 0.3 is 12.1 Å². The quantitative estimate of drug-likeness (QED) is 0.612. The topological polar surface area (TPSA) is 39.2 Å². The van der Waals surface area contributed by atoms with Crippen molar-refractivity contribution in [3.05, 3.63) is 26.9 Å². The maximum absolute atomic E-state index is 12.6. The van der Waals surface area contributed by atoms with Crippen LogP contribution >= 0.6 is 27.5 Å². The summed E-state index contributed by atoms with van der Waals surface area (Å²) in [6.45, 7) is 1.46. The number of carbonyl (C=O) groups is 1. The van der Waals surface area contributed by atoms with E-state index in [9.17, 15) is 18.0 Å². The molecule has 3 nitrogen and oxygen atoms in total. The highest BCUT2D eigenvalue weighted by molar-refractivity contribution is 9.10. The highest BCUT2D eigenvalue weighted by Gasteiger charge is 2.38. The van der Waals surface area contributed by atoms with Crippen LogP contribution in [0.4, 0.5) is 13.2 Å². The number of ether oxygens (including phenoxy) is 1. The van der Waals surface area contributed by atoms with Crippen molar-refractivity contribution in [2.24, 2.45) is 0 Å². The van der Waals surface area contributed by atoms with Gasteiger partial charge in [-0.2, -0.15) is 13.2 Å². The van der Waals surface area contributed by atoms with Gasteiger partial charge in [-0.15, -0.1) is 0 Å². The zero-order valence-corrected chi connectivity index (χ0v) is 10.8. The Bertz CT molecular complexity index is 451. The third kappa shape index (κ3) is 3.32. The van der Waals surface area contributed by atoms with E-state index < -0.39 is 23.4 Å². The first-order valence-electron chi connectivity index (χ1n) is 4.37. The summed E-state index contributed by atoms with van der Waals surface area (Å²) >= 11 is 8.36. The number of carbonyl (C=O) groups excluding carboxylic acids is 1. The van der Waals surface area contributed by atoms with Crippen molar-refractivity contribution in [2.45, 2.75) is 13.1 Å². The monoisotopic (exact) mass is 331 g/mol. The fraction of sp³-hybridized carbons (Fsp3) is 0.333. The first-order chi connectivity index (χ1) is 7.77. The van der Waals surface area contributed by atoms with Crippen molar-refractivity contribution in [1.82, 2.24) is 4.98 Å². The molecule has 17 heavy (non-hydrogen) atoms. The molecule has 0 aliphatic carbocycles. The van der Waals surface area contributed by atoms with E-state index in [4.69, 9.17) is 11.6 Å². The number of hydrogen-bond acceptors (Lipinski definition) is 3. The predicted molar refractivity (Wildman–Crippen MR) is 57.9 cm³/mol. The van der Waals surface area contributed by atoms with Crippen LogP contribution in [0.15, 0.2) is 10.5 Å². The number of alkyl halides is 3. The maximum atomic E-state index is 12.6. The molecular formula is C9H6BrClF3NO2. The van der Waals surface area contributed by atoms with Gasteiger partial charge in [-0.1, -0.05) is 11.6 Å². The lowest BCUT2D eigenvalue weighted by molar-refractivity contribution is -0.141. The Kier molecular flexibility index (Phi) is 4.37.